The van der Waals surface area contributed by atoms with Crippen LogP contribution in [0.4, 0.5) is 5.69 Å². The molecule has 178 valence electrons. The Balaban J connectivity index is 1.52. The fourth-order valence-electron chi connectivity index (χ4n) is 3.93. The second-order valence-electron chi connectivity index (χ2n) is 8.04. The van der Waals surface area contributed by atoms with Crippen LogP contribution in [-0.2, 0) is 16.6 Å². The van der Waals surface area contributed by atoms with E-state index in [9.17, 15) is 8.42 Å². The molecule has 1 saturated heterocycles. The minimum absolute atomic E-state index is 0.173. The maximum atomic E-state index is 11.8. The molecule has 0 atom stereocenters. The molecule has 3 aromatic heterocycles. The summed E-state index contributed by atoms with van der Waals surface area (Å²) in [4.78, 5) is 6.52. The minimum atomic E-state index is -3.52. The molecule has 1 fully saturated rings. The molecule has 0 radical (unpaired) electrons. The van der Waals surface area contributed by atoms with Crippen LogP contribution in [0, 0.1) is 0 Å². The highest BCUT2D eigenvalue weighted by molar-refractivity contribution is 7.92. The van der Waals surface area contributed by atoms with E-state index in [-0.39, 0.29) is 11.6 Å². The van der Waals surface area contributed by atoms with E-state index in [1.165, 1.54) is 7.11 Å². The van der Waals surface area contributed by atoms with E-state index in [0.29, 0.717) is 29.5 Å². The van der Waals surface area contributed by atoms with Gasteiger partial charge in [0.15, 0.2) is 0 Å². The number of anilines is 1. The van der Waals surface area contributed by atoms with E-state index in [1.54, 1.807) is 18.5 Å². The standard InChI is InChI=1S/C21H24N8O4S/c1-32-21-18(28-34(2,30)31)9-14(10-23-21)13-7-15(16-11-24-25-17(16)8-13)20-27-26-19(33-20)12-29-5-3-22-4-6-29/h7-11,22,28H,3-6,12H2,1-2H3,(H,24,25). The lowest BCUT2D eigenvalue weighted by atomic mass is 10.0. The molecule has 0 saturated carbocycles. The third kappa shape index (κ3) is 4.71. The SMILES string of the molecule is COc1ncc(-c2cc(-c3nnc(CN4CCNCC4)o3)c3cn[nH]c3c2)cc1NS(C)(=O)=O. The summed E-state index contributed by atoms with van der Waals surface area (Å²) in [5.41, 5.74) is 3.16. The monoisotopic (exact) mass is 484 g/mol. The fourth-order valence-corrected chi connectivity index (χ4v) is 4.47. The van der Waals surface area contributed by atoms with Crippen LogP contribution < -0.4 is 14.8 Å². The zero-order valence-corrected chi connectivity index (χ0v) is 19.5. The van der Waals surface area contributed by atoms with Gasteiger partial charge >= 0.3 is 0 Å². The van der Waals surface area contributed by atoms with Gasteiger partial charge in [0, 0.05) is 43.3 Å². The number of piperazine rings is 1. The molecule has 12 nitrogen and oxygen atoms in total. The molecule has 0 aliphatic carbocycles. The Kier molecular flexibility index (Phi) is 5.89. The van der Waals surface area contributed by atoms with Crippen LogP contribution in [-0.4, -0.2) is 78.2 Å². The Morgan fingerprint density at radius 2 is 1.97 bits per heavy atom. The summed E-state index contributed by atoms with van der Waals surface area (Å²) in [7, 11) is -2.09. The number of hydrogen-bond acceptors (Lipinski definition) is 10. The Morgan fingerprint density at radius 1 is 1.15 bits per heavy atom. The molecule has 4 heterocycles. The summed E-state index contributed by atoms with van der Waals surface area (Å²) >= 11 is 0. The lowest BCUT2D eigenvalue weighted by Crippen LogP contribution is -2.42. The number of nitrogens with zero attached hydrogens (tertiary/aromatic N) is 5. The topological polar surface area (TPSA) is 151 Å². The van der Waals surface area contributed by atoms with Crippen LogP contribution in [0.1, 0.15) is 5.89 Å². The third-order valence-electron chi connectivity index (χ3n) is 5.50. The number of fused-ring (bicyclic) bond motifs is 1. The van der Waals surface area contributed by atoms with Gasteiger partial charge in [0.2, 0.25) is 27.7 Å². The number of methoxy groups -OCH3 is 1. The van der Waals surface area contributed by atoms with Crippen molar-refractivity contribution in [1.29, 1.82) is 0 Å². The zero-order valence-electron chi connectivity index (χ0n) is 18.7. The molecule has 1 aliphatic rings. The number of benzene rings is 1. The van der Waals surface area contributed by atoms with Crippen molar-refractivity contribution < 1.29 is 17.6 Å². The highest BCUT2D eigenvalue weighted by atomic mass is 32.2. The number of aromatic nitrogens is 5. The van der Waals surface area contributed by atoms with E-state index in [1.807, 2.05) is 12.1 Å². The summed E-state index contributed by atoms with van der Waals surface area (Å²) in [5.74, 6) is 1.10. The van der Waals surface area contributed by atoms with E-state index < -0.39 is 10.0 Å². The van der Waals surface area contributed by atoms with Crippen molar-refractivity contribution >= 4 is 26.6 Å². The van der Waals surface area contributed by atoms with E-state index in [0.717, 1.165) is 48.9 Å². The van der Waals surface area contributed by atoms with Gasteiger partial charge in [-0.25, -0.2) is 13.4 Å². The molecule has 0 amide bonds. The van der Waals surface area contributed by atoms with Gasteiger partial charge in [0.1, 0.15) is 5.69 Å². The van der Waals surface area contributed by atoms with Gasteiger partial charge < -0.3 is 14.5 Å². The average Bonchev–Trinajstić information content (AvgIpc) is 3.47. The van der Waals surface area contributed by atoms with Crippen LogP contribution in [0.2, 0.25) is 0 Å². The Hall–Kier alpha value is -3.55. The lowest BCUT2D eigenvalue weighted by Gasteiger charge is -2.25. The summed E-state index contributed by atoms with van der Waals surface area (Å²) < 4.78 is 37.3. The predicted octanol–water partition coefficient (Wildman–Crippen LogP) is 1.46. The maximum Gasteiger partial charge on any atom is 0.248 e. The average molecular weight is 485 g/mol. The molecule has 34 heavy (non-hydrogen) atoms. The van der Waals surface area contributed by atoms with Crippen molar-refractivity contribution in [2.24, 2.45) is 0 Å². The summed E-state index contributed by atoms with van der Waals surface area (Å²) in [6.45, 7) is 4.31. The minimum Gasteiger partial charge on any atom is -0.480 e. The number of rotatable bonds is 7. The normalized spacial score (nSPS) is 15.0. The van der Waals surface area contributed by atoms with Gasteiger partial charge in [-0.3, -0.25) is 14.7 Å². The number of ether oxygens (including phenoxy) is 1. The molecule has 1 aliphatic heterocycles. The molecule has 1 aromatic carbocycles. The molecule has 0 unspecified atom stereocenters. The molecule has 13 heteroatoms. The molecule has 5 rings (SSSR count). The second-order valence-corrected chi connectivity index (χ2v) is 9.79. The Labute approximate surface area is 195 Å². The van der Waals surface area contributed by atoms with Crippen molar-refractivity contribution in [3.63, 3.8) is 0 Å². The van der Waals surface area contributed by atoms with Crippen molar-refractivity contribution in [1.82, 2.24) is 35.6 Å². The number of aromatic amines is 1. The first kappa shape index (κ1) is 22.3. The van der Waals surface area contributed by atoms with Crippen molar-refractivity contribution in [3.8, 4) is 28.5 Å². The number of hydrogen-bond donors (Lipinski definition) is 3. The number of nitrogens with one attached hydrogen (secondary N) is 3. The van der Waals surface area contributed by atoms with Crippen LogP contribution in [0.15, 0.2) is 35.0 Å². The van der Waals surface area contributed by atoms with Gasteiger partial charge in [0.05, 0.1) is 37.2 Å². The zero-order chi connectivity index (χ0) is 23.7. The first-order valence-corrected chi connectivity index (χ1v) is 12.5. The van der Waals surface area contributed by atoms with Crippen LogP contribution in [0.25, 0.3) is 33.5 Å². The largest absolute Gasteiger partial charge is 0.480 e. The van der Waals surface area contributed by atoms with Crippen molar-refractivity contribution in [2.45, 2.75) is 6.54 Å². The fraction of sp³-hybridized carbons (Fsp3) is 0.333. The Bertz CT molecular complexity index is 1430. The predicted molar refractivity (Wildman–Crippen MR) is 126 cm³/mol. The van der Waals surface area contributed by atoms with Crippen molar-refractivity contribution in [3.05, 3.63) is 36.5 Å². The maximum absolute atomic E-state index is 11.8. The van der Waals surface area contributed by atoms with Gasteiger partial charge in [0.25, 0.3) is 0 Å². The highest BCUT2D eigenvalue weighted by Gasteiger charge is 2.19. The third-order valence-corrected chi connectivity index (χ3v) is 6.09. The van der Waals surface area contributed by atoms with Crippen LogP contribution in [0.3, 0.4) is 0 Å². The lowest BCUT2D eigenvalue weighted by molar-refractivity contribution is 0.213. The molecule has 3 N–H and O–H groups in total. The molecular formula is C21H24N8O4S. The molecule has 0 spiro atoms. The van der Waals surface area contributed by atoms with E-state index in [2.05, 4.69) is 40.3 Å². The van der Waals surface area contributed by atoms with Gasteiger partial charge in [-0.15, -0.1) is 10.2 Å². The first-order valence-electron chi connectivity index (χ1n) is 10.6. The van der Waals surface area contributed by atoms with Gasteiger partial charge in [-0.2, -0.15) is 5.10 Å². The van der Waals surface area contributed by atoms with Gasteiger partial charge in [-0.05, 0) is 23.8 Å². The second kappa shape index (κ2) is 9.00. The summed E-state index contributed by atoms with van der Waals surface area (Å²) in [6, 6.07) is 5.46. The molecule has 0 bridgehead atoms. The van der Waals surface area contributed by atoms with E-state index >= 15 is 0 Å². The first-order chi connectivity index (χ1) is 16.4. The summed E-state index contributed by atoms with van der Waals surface area (Å²) in [6.07, 6.45) is 4.39. The smallest absolute Gasteiger partial charge is 0.248 e. The number of sulfonamides is 1. The molecular weight excluding hydrogens is 460 g/mol. The molecule has 4 aromatic rings. The number of H-pyrrole nitrogens is 1. The van der Waals surface area contributed by atoms with Crippen LogP contribution >= 0.6 is 0 Å². The summed E-state index contributed by atoms with van der Waals surface area (Å²) in [5, 5.41) is 19.8. The number of pyridine rings is 1. The highest BCUT2D eigenvalue weighted by Crippen LogP contribution is 2.35. The van der Waals surface area contributed by atoms with Crippen molar-refractivity contribution in [2.75, 3.05) is 44.3 Å². The quantitative estimate of drug-likeness (QED) is 0.352. The Morgan fingerprint density at radius 3 is 2.74 bits per heavy atom. The van der Waals surface area contributed by atoms with Crippen LogP contribution in [0.5, 0.6) is 5.88 Å². The van der Waals surface area contributed by atoms with E-state index in [4.69, 9.17) is 9.15 Å². The van der Waals surface area contributed by atoms with Gasteiger partial charge in [-0.1, -0.05) is 0 Å².